The summed E-state index contributed by atoms with van der Waals surface area (Å²) in [6, 6.07) is 2.90. The summed E-state index contributed by atoms with van der Waals surface area (Å²) < 4.78 is 29.5. The predicted molar refractivity (Wildman–Crippen MR) is 135 cm³/mol. The molecule has 2 N–H and O–H groups in total. The van der Waals surface area contributed by atoms with Crippen molar-refractivity contribution in [2.45, 2.75) is 32.7 Å². The van der Waals surface area contributed by atoms with Gasteiger partial charge in [-0.2, -0.15) is 0 Å². The number of hydrogen-bond donors (Lipinski definition) is 2. The second-order valence-electron chi connectivity index (χ2n) is 9.55. The number of likely N-dealkylation sites (N-methyl/N-ethyl adjacent to an activating group) is 1. The lowest BCUT2D eigenvalue weighted by molar-refractivity contribution is 0.151. The summed E-state index contributed by atoms with van der Waals surface area (Å²) in [5, 5.41) is -0.124. The summed E-state index contributed by atoms with van der Waals surface area (Å²) in [7, 11) is 2.14. The first-order chi connectivity index (χ1) is 17.2. The molecule has 36 heavy (non-hydrogen) atoms. The molecule has 0 atom stereocenters. The third kappa shape index (κ3) is 6.06. The quantitative estimate of drug-likeness (QED) is 0.507. The normalized spacial score (nSPS) is 16.4. The molecule has 3 aromatic rings. The molecule has 2 aromatic heterocycles. The number of aromatic amines is 2. The van der Waals surface area contributed by atoms with Gasteiger partial charge in [0.05, 0.1) is 12.0 Å². The summed E-state index contributed by atoms with van der Waals surface area (Å²) in [6.07, 6.45) is 5.42. The Morgan fingerprint density at radius 1 is 1.00 bits per heavy atom. The Balaban J connectivity index is 1.59. The third-order valence-corrected chi connectivity index (χ3v) is 6.45. The maximum Gasteiger partial charge on any atom is 0.272 e. The average Bonchev–Trinajstić information content (AvgIpc) is 3.23. The van der Waals surface area contributed by atoms with Crippen molar-refractivity contribution in [2.24, 2.45) is 0 Å². The monoisotopic (exact) mass is 498 g/mol. The first kappa shape index (κ1) is 25.7. The Morgan fingerprint density at radius 2 is 1.67 bits per heavy atom. The number of nitrogens with zero attached hydrogens (tertiary/aromatic N) is 4. The zero-order valence-corrected chi connectivity index (χ0v) is 20.9. The fourth-order valence-electron chi connectivity index (χ4n) is 4.47. The molecule has 4 rings (SSSR count). The van der Waals surface area contributed by atoms with Crippen molar-refractivity contribution in [3.05, 3.63) is 84.5 Å². The number of H-pyrrole nitrogens is 2. The number of rotatable bonds is 7. The van der Waals surface area contributed by atoms with E-state index in [0.29, 0.717) is 5.69 Å². The lowest BCUT2D eigenvalue weighted by Gasteiger charge is -2.32. The zero-order valence-electron chi connectivity index (χ0n) is 20.9. The molecule has 8 nitrogen and oxygen atoms in total. The summed E-state index contributed by atoms with van der Waals surface area (Å²) in [5.41, 5.74) is 0.272. The van der Waals surface area contributed by atoms with E-state index in [-0.39, 0.29) is 22.2 Å². The van der Waals surface area contributed by atoms with Crippen LogP contribution >= 0.6 is 0 Å². The molecule has 10 heteroatoms. The first-order valence-corrected chi connectivity index (χ1v) is 12.2. The number of aromatic nitrogens is 4. The minimum Gasteiger partial charge on any atom is -0.334 e. The fourth-order valence-corrected chi connectivity index (χ4v) is 4.47. The SMILES string of the molecule is CC(C)c1c(/C=c2\[nH]c(=O)/c(=C/c3cc(F)ccc3F)[nH]c2=O)ncn1CCCN1CCN(C)CC1. The van der Waals surface area contributed by atoms with E-state index in [1.807, 2.05) is 0 Å². The van der Waals surface area contributed by atoms with Crippen molar-refractivity contribution in [1.29, 1.82) is 0 Å². The zero-order chi connectivity index (χ0) is 25.8. The van der Waals surface area contributed by atoms with Crippen LogP contribution in [0.3, 0.4) is 0 Å². The van der Waals surface area contributed by atoms with Crippen LogP contribution in [0, 0.1) is 11.6 Å². The van der Waals surface area contributed by atoms with Gasteiger partial charge in [-0.25, -0.2) is 13.8 Å². The van der Waals surface area contributed by atoms with Crippen LogP contribution in [-0.4, -0.2) is 69.1 Å². The van der Waals surface area contributed by atoms with Gasteiger partial charge in [0.2, 0.25) is 0 Å². The van der Waals surface area contributed by atoms with Crippen molar-refractivity contribution in [2.75, 3.05) is 39.8 Å². The van der Waals surface area contributed by atoms with Crippen LogP contribution in [0.25, 0.3) is 12.2 Å². The van der Waals surface area contributed by atoms with Crippen molar-refractivity contribution < 1.29 is 8.78 Å². The number of imidazole rings is 1. The predicted octanol–water partition coefficient (Wildman–Crippen LogP) is 0.956. The van der Waals surface area contributed by atoms with E-state index in [0.717, 1.165) is 75.7 Å². The molecule has 1 aliphatic heterocycles. The molecular formula is C26H32F2N6O2. The van der Waals surface area contributed by atoms with Crippen molar-refractivity contribution in [1.82, 2.24) is 29.3 Å². The molecule has 0 aliphatic carbocycles. The number of piperazine rings is 1. The van der Waals surface area contributed by atoms with Gasteiger partial charge in [-0.05, 0) is 56.3 Å². The number of aryl methyl sites for hydroxylation is 1. The highest BCUT2D eigenvalue weighted by molar-refractivity contribution is 5.49. The van der Waals surface area contributed by atoms with Gasteiger partial charge >= 0.3 is 0 Å². The van der Waals surface area contributed by atoms with Crippen molar-refractivity contribution in [3.8, 4) is 0 Å². The lowest BCUT2D eigenvalue weighted by Crippen LogP contribution is -2.46. The molecule has 1 saturated heterocycles. The van der Waals surface area contributed by atoms with Gasteiger partial charge in [0.25, 0.3) is 11.1 Å². The molecule has 0 saturated carbocycles. The standard InChI is InChI=1S/C26H32F2N6O2/c1-17(2)24-21(29-16-34(24)8-4-7-33-11-9-32(3)10-12-33)15-23-26(36)30-22(25(35)31-23)14-18-13-19(27)5-6-20(18)28/h5-6,13-17H,4,7-12H2,1-3H3,(H,30,36)(H,31,35)/b22-14-,23-15-. The van der Waals surface area contributed by atoms with Crippen LogP contribution in [0.5, 0.6) is 0 Å². The average molecular weight is 499 g/mol. The van der Waals surface area contributed by atoms with Gasteiger partial charge < -0.3 is 24.3 Å². The van der Waals surface area contributed by atoms with Gasteiger partial charge in [0.15, 0.2) is 0 Å². The molecule has 0 bridgehead atoms. The Morgan fingerprint density at radius 3 is 2.33 bits per heavy atom. The summed E-state index contributed by atoms with van der Waals surface area (Å²) in [4.78, 5) is 39.6. The molecule has 0 radical (unpaired) electrons. The maximum atomic E-state index is 14.0. The molecule has 0 spiro atoms. The minimum absolute atomic E-state index is 0.0430. The molecule has 192 valence electrons. The number of benzene rings is 1. The molecule has 0 amide bonds. The highest BCUT2D eigenvalue weighted by Crippen LogP contribution is 2.20. The highest BCUT2D eigenvalue weighted by atomic mass is 19.1. The molecule has 3 heterocycles. The van der Waals surface area contributed by atoms with Gasteiger partial charge in [-0.15, -0.1) is 0 Å². The summed E-state index contributed by atoms with van der Waals surface area (Å²) >= 11 is 0. The van der Waals surface area contributed by atoms with E-state index in [9.17, 15) is 18.4 Å². The smallest absolute Gasteiger partial charge is 0.272 e. The van der Waals surface area contributed by atoms with E-state index in [1.165, 1.54) is 0 Å². The second kappa shape index (κ2) is 11.1. The van der Waals surface area contributed by atoms with E-state index in [2.05, 4.69) is 50.2 Å². The van der Waals surface area contributed by atoms with E-state index < -0.39 is 22.8 Å². The molecule has 1 aliphatic rings. The second-order valence-corrected chi connectivity index (χ2v) is 9.55. The number of nitrogens with one attached hydrogen (secondary N) is 2. The van der Waals surface area contributed by atoms with Crippen LogP contribution in [0.15, 0.2) is 34.1 Å². The summed E-state index contributed by atoms with van der Waals surface area (Å²) in [5.74, 6) is -1.20. The molecular weight excluding hydrogens is 466 g/mol. The van der Waals surface area contributed by atoms with Crippen LogP contribution < -0.4 is 21.8 Å². The number of halogens is 2. The van der Waals surface area contributed by atoms with Crippen LogP contribution in [0.4, 0.5) is 8.78 Å². The lowest BCUT2D eigenvalue weighted by atomic mass is 10.1. The molecule has 0 unspecified atom stereocenters. The minimum atomic E-state index is -0.702. The Labute approximate surface area is 207 Å². The fraction of sp³-hybridized carbons (Fsp3) is 0.423. The highest BCUT2D eigenvalue weighted by Gasteiger charge is 2.16. The van der Waals surface area contributed by atoms with Gasteiger partial charge in [0, 0.05) is 44.0 Å². The van der Waals surface area contributed by atoms with Gasteiger partial charge in [0.1, 0.15) is 22.3 Å². The Bertz CT molecular complexity index is 1450. The van der Waals surface area contributed by atoms with E-state index in [4.69, 9.17) is 0 Å². The summed E-state index contributed by atoms with van der Waals surface area (Å²) in [6.45, 7) is 10.3. The molecule has 1 aromatic carbocycles. The third-order valence-electron chi connectivity index (χ3n) is 6.45. The van der Waals surface area contributed by atoms with Crippen molar-refractivity contribution >= 4 is 12.2 Å². The van der Waals surface area contributed by atoms with E-state index in [1.54, 1.807) is 12.4 Å². The maximum absolute atomic E-state index is 14.0. The van der Waals surface area contributed by atoms with E-state index >= 15 is 0 Å². The van der Waals surface area contributed by atoms with Crippen LogP contribution in [-0.2, 0) is 6.54 Å². The topological polar surface area (TPSA) is 90.0 Å². The first-order valence-electron chi connectivity index (χ1n) is 12.2. The molecule has 1 fully saturated rings. The van der Waals surface area contributed by atoms with Crippen LogP contribution in [0.1, 0.15) is 43.1 Å². The van der Waals surface area contributed by atoms with Crippen molar-refractivity contribution in [3.63, 3.8) is 0 Å². The largest absolute Gasteiger partial charge is 0.334 e. The van der Waals surface area contributed by atoms with Gasteiger partial charge in [-0.1, -0.05) is 13.8 Å². The van der Waals surface area contributed by atoms with Gasteiger partial charge in [-0.3, -0.25) is 9.59 Å². The van der Waals surface area contributed by atoms with Crippen LogP contribution in [0.2, 0.25) is 0 Å². The Hall–Kier alpha value is -3.37. The number of hydrogen-bond acceptors (Lipinski definition) is 5. The Kier molecular flexibility index (Phi) is 7.95.